The van der Waals surface area contributed by atoms with Gasteiger partial charge in [0.05, 0.1) is 20.6 Å². The molecule has 0 atom stereocenters. The fourth-order valence-corrected chi connectivity index (χ4v) is 6.11. The zero-order valence-electron chi connectivity index (χ0n) is 22.3. The van der Waals surface area contributed by atoms with E-state index in [0.29, 0.717) is 41.1 Å². The molecular weight excluding hydrogens is 516 g/mol. The normalized spacial score (nSPS) is 14.5. The molecule has 1 aliphatic rings. The molecule has 3 aromatic carbocycles. The number of piperazine rings is 1. The molecule has 0 spiro atoms. The van der Waals surface area contributed by atoms with E-state index in [9.17, 15) is 13.2 Å². The van der Waals surface area contributed by atoms with Crippen molar-refractivity contribution in [1.29, 1.82) is 0 Å². The average molecular weight is 549 g/mol. The van der Waals surface area contributed by atoms with Gasteiger partial charge in [-0.05, 0) is 41.5 Å². The Balaban J connectivity index is 1.36. The second-order valence-electron chi connectivity index (χ2n) is 9.75. The second-order valence-corrected chi connectivity index (χ2v) is 11.7. The maximum Gasteiger partial charge on any atom is 0.227 e. The number of furan rings is 1. The summed E-state index contributed by atoms with van der Waals surface area (Å²) in [6.07, 6.45) is 1.35. The highest BCUT2D eigenvalue weighted by Crippen LogP contribution is 2.40. The number of ether oxygens (including phenoxy) is 2. The van der Waals surface area contributed by atoms with Crippen LogP contribution >= 0.6 is 0 Å². The standard InChI is InChI=1S/C30H32N2O6S/c1-36-26-12-10-23(19-27(26)37-2)29-30(39(3,34)35)24-17-22(9-11-25(24)38-29)18-28(33)32-15-13-31(14-16-32)20-21-7-5-4-6-8-21/h4-12,17,19H,13-16,18,20H2,1-3H3. The van der Waals surface area contributed by atoms with Crippen molar-refractivity contribution < 1.29 is 27.1 Å². The van der Waals surface area contributed by atoms with Crippen LogP contribution in [-0.2, 0) is 27.6 Å². The average Bonchev–Trinajstić information content (AvgIpc) is 3.33. The van der Waals surface area contributed by atoms with Crippen LogP contribution in [0, 0.1) is 0 Å². The third kappa shape index (κ3) is 5.79. The lowest BCUT2D eigenvalue weighted by Crippen LogP contribution is -2.48. The Morgan fingerprint density at radius 2 is 1.59 bits per heavy atom. The molecule has 1 aliphatic heterocycles. The molecular formula is C30H32N2O6S. The van der Waals surface area contributed by atoms with Gasteiger partial charge in [0.1, 0.15) is 10.5 Å². The molecule has 9 heteroatoms. The minimum atomic E-state index is -3.66. The van der Waals surface area contributed by atoms with Crippen molar-refractivity contribution in [3.8, 4) is 22.8 Å². The maximum atomic E-state index is 13.1. The highest BCUT2D eigenvalue weighted by Gasteiger charge is 2.26. The lowest BCUT2D eigenvalue weighted by molar-refractivity contribution is -0.132. The van der Waals surface area contributed by atoms with Gasteiger partial charge in [-0.2, -0.15) is 0 Å². The summed E-state index contributed by atoms with van der Waals surface area (Å²) < 4.78 is 42.6. The molecule has 0 radical (unpaired) electrons. The third-order valence-electron chi connectivity index (χ3n) is 7.05. The number of hydrogen-bond acceptors (Lipinski definition) is 7. The maximum absolute atomic E-state index is 13.1. The van der Waals surface area contributed by atoms with Gasteiger partial charge in [-0.15, -0.1) is 0 Å². The van der Waals surface area contributed by atoms with Crippen molar-refractivity contribution >= 4 is 26.7 Å². The van der Waals surface area contributed by atoms with Gasteiger partial charge in [-0.1, -0.05) is 36.4 Å². The number of rotatable bonds is 8. The van der Waals surface area contributed by atoms with E-state index >= 15 is 0 Å². The van der Waals surface area contributed by atoms with Crippen LogP contribution in [0.4, 0.5) is 0 Å². The number of carbonyl (C=O) groups is 1. The number of nitrogens with zero attached hydrogens (tertiary/aromatic N) is 2. The predicted molar refractivity (Wildman–Crippen MR) is 150 cm³/mol. The van der Waals surface area contributed by atoms with E-state index in [1.54, 1.807) is 30.3 Å². The molecule has 39 heavy (non-hydrogen) atoms. The van der Waals surface area contributed by atoms with E-state index in [1.807, 2.05) is 29.2 Å². The Morgan fingerprint density at radius 3 is 2.26 bits per heavy atom. The summed E-state index contributed by atoms with van der Waals surface area (Å²) in [5, 5.41) is 0.459. The van der Waals surface area contributed by atoms with E-state index in [2.05, 4.69) is 17.0 Å². The first-order chi connectivity index (χ1) is 18.8. The Morgan fingerprint density at radius 1 is 0.872 bits per heavy atom. The largest absolute Gasteiger partial charge is 0.493 e. The molecule has 4 aromatic rings. The van der Waals surface area contributed by atoms with E-state index < -0.39 is 9.84 Å². The van der Waals surface area contributed by atoms with E-state index in [-0.39, 0.29) is 23.0 Å². The molecule has 0 aliphatic carbocycles. The summed E-state index contributed by atoms with van der Waals surface area (Å²) >= 11 is 0. The number of carbonyl (C=O) groups excluding carboxylic acids is 1. The zero-order valence-corrected chi connectivity index (χ0v) is 23.2. The summed E-state index contributed by atoms with van der Waals surface area (Å²) in [5.74, 6) is 1.25. The van der Waals surface area contributed by atoms with E-state index in [1.165, 1.54) is 19.8 Å². The third-order valence-corrected chi connectivity index (χ3v) is 8.20. The van der Waals surface area contributed by atoms with Crippen LogP contribution in [0.3, 0.4) is 0 Å². The van der Waals surface area contributed by atoms with Gasteiger partial charge in [0, 0.05) is 49.9 Å². The van der Waals surface area contributed by atoms with Crippen LogP contribution < -0.4 is 9.47 Å². The van der Waals surface area contributed by atoms with Gasteiger partial charge in [-0.3, -0.25) is 9.69 Å². The van der Waals surface area contributed by atoms with Gasteiger partial charge >= 0.3 is 0 Å². The predicted octanol–water partition coefficient (Wildman–Crippen LogP) is 4.41. The number of benzene rings is 3. The van der Waals surface area contributed by atoms with Crippen LogP contribution in [0.25, 0.3) is 22.3 Å². The molecule has 0 saturated carbocycles. The van der Waals surface area contributed by atoms with Crippen LogP contribution in [0.15, 0.2) is 76.0 Å². The van der Waals surface area contributed by atoms with Gasteiger partial charge < -0.3 is 18.8 Å². The summed E-state index contributed by atoms with van der Waals surface area (Å²) in [5.41, 5.74) is 2.99. The van der Waals surface area contributed by atoms with Crippen molar-refractivity contribution in [3.63, 3.8) is 0 Å². The fourth-order valence-electron chi connectivity index (χ4n) is 5.05. The zero-order chi connectivity index (χ0) is 27.6. The Kier molecular flexibility index (Phi) is 7.63. The first-order valence-corrected chi connectivity index (χ1v) is 14.7. The minimum Gasteiger partial charge on any atom is -0.493 e. The Hall–Kier alpha value is -3.82. The number of amides is 1. The molecule has 1 fully saturated rings. The first-order valence-electron chi connectivity index (χ1n) is 12.8. The highest BCUT2D eigenvalue weighted by atomic mass is 32.2. The highest BCUT2D eigenvalue weighted by molar-refractivity contribution is 7.91. The monoisotopic (exact) mass is 548 g/mol. The topological polar surface area (TPSA) is 89.3 Å². The van der Waals surface area contributed by atoms with E-state index in [0.717, 1.165) is 31.5 Å². The quantitative estimate of drug-likeness (QED) is 0.322. The Labute approximate surface area is 228 Å². The Bertz CT molecular complexity index is 1590. The van der Waals surface area contributed by atoms with Gasteiger partial charge in [0.15, 0.2) is 27.1 Å². The van der Waals surface area contributed by atoms with Crippen molar-refractivity contribution in [1.82, 2.24) is 9.80 Å². The molecule has 204 valence electrons. The second kappa shape index (κ2) is 11.1. The summed E-state index contributed by atoms with van der Waals surface area (Å²) in [4.78, 5) is 17.5. The van der Waals surface area contributed by atoms with Crippen molar-refractivity contribution in [3.05, 3.63) is 77.9 Å². The van der Waals surface area contributed by atoms with Crippen LogP contribution in [0.1, 0.15) is 11.1 Å². The number of methoxy groups -OCH3 is 2. The number of fused-ring (bicyclic) bond motifs is 1. The fraction of sp³-hybridized carbons (Fsp3) is 0.300. The molecule has 1 saturated heterocycles. The van der Waals surface area contributed by atoms with Gasteiger partial charge in [-0.25, -0.2) is 8.42 Å². The molecule has 0 bridgehead atoms. The number of hydrogen-bond donors (Lipinski definition) is 0. The molecule has 2 heterocycles. The molecule has 5 rings (SSSR count). The van der Waals surface area contributed by atoms with Gasteiger partial charge in [0.2, 0.25) is 5.91 Å². The van der Waals surface area contributed by atoms with Crippen LogP contribution in [0.5, 0.6) is 11.5 Å². The van der Waals surface area contributed by atoms with E-state index in [4.69, 9.17) is 13.9 Å². The first kappa shape index (κ1) is 26.8. The van der Waals surface area contributed by atoms with Crippen molar-refractivity contribution in [2.45, 2.75) is 17.9 Å². The summed E-state index contributed by atoms with van der Waals surface area (Å²) in [7, 11) is -0.611. The summed E-state index contributed by atoms with van der Waals surface area (Å²) in [6, 6.07) is 20.7. The molecule has 1 aromatic heterocycles. The SMILES string of the molecule is COc1ccc(-c2oc3ccc(CC(=O)N4CCN(Cc5ccccc5)CC4)cc3c2S(C)(=O)=O)cc1OC. The van der Waals surface area contributed by atoms with Crippen LogP contribution in [-0.4, -0.2) is 70.8 Å². The summed E-state index contributed by atoms with van der Waals surface area (Å²) in [6.45, 7) is 3.83. The molecule has 0 N–H and O–H groups in total. The minimum absolute atomic E-state index is 0.0261. The lowest BCUT2D eigenvalue weighted by atomic mass is 10.1. The smallest absolute Gasteiger partial charge is 0.227 e. The van der Waals surface area contributed by atoms with Crippen LogP contribution in [0.2, 0.25) is 0 Å². The number of sulfone groups is 1. The molecule has 1 amide bonds. The van der Waals surface area contributed by atoms with Crippen molar-refractivity contribution in [2.75, 3.05) is 46.7 Å². The van der Waals surface area contributed by atoms with Crippen molar-refractivity contribution in [2.24, 2.45) is 0 Å². The van der Waals surface area contributed by atoms with Gasteiger partial charge in [0.25, 0.3) is 0 Å². The molecule has 0 unspecified atom stereocenters. The molecule has 8 nitrogen and oxygen atoms in total. The lowest BCUT2D eigenvalue weighted by Gasteiger charge is -2.34.